The van der Waals surface area contributed by atoms with Gasteiger partial charge in [-0.25, -0.2) is 4.79 Å². The minimum absolute atomic E-state index is 0.474. The average molecular weight is 317 g/mol. The van der Waals surface area contributed by atoms with Crippen LogP contribution in [0.25, 0.3) is 0 Å². The number of hydrogen-bond acceptors (Lipinski definition) is 4. The number of carbonyl (C=O) groups is 1. The molecule has 0 atom stereocenters. The maximum Gasteiger partial charge on any atom is 0.417 e. The van der Waals surface area contributed by atoms with Gasteiger partial charge in [0.1, 0.15) is 5.75 Å². The van der Waals surface area contributed by atoms with Crippen LogP contribution in [-0.4, -0.2) is 17.6 Å². The third-order valence-corrected chi connectivity index (χ3v) is 6.11. The summed E-state index contributed by atoms with van der Waals surface area (Å²) < 4.78 is 5.78. The van der Waals surface area contributed by atoms with Crippen LogP contribution in [0.5, 0.6) is 5.75 Å². The molecule has 5 heteroatoms. The highest BCUT2D eigenvalue weighted by molar-refractivity contribution is 8.19. The fourth-order valence-corrected chi connectivity index (χ4v) is 4.88. The number of ether oxygens (including phenoxy) is 1. The largest absolute Gasteiger partial charge is 0.417 e. The zero-order valence-electron chi connectivity index (χ0n) is 11.3. The Kier molecular flexibility index (Phi) is 4.72. The Bertz CT molecular complexity index is 595. The van der Waals surface area contributed by atoms with E-state index in [4.69, 9.17) is 4.74 Å². The van der Waals surface area contributed by atoms with E-state index in [1.807, 2.05) is 78.1 Å². The molecule has 1 aliphatic heterocycles. The lowest BCUT2D eigenvalue weighted by molar-refractivity contribution is 0.215. The zero-order valence-corrected chi connectivity index (χ0v) is 13.0. The Morgan fingerprint density at radius 3 is 2.33 bits per heavy atom. The summed E-state index contributed by atoms with van der Waals surface area (Å²) >= 11 is 3.92. The Labute approximate surface area is 132 Å². The average Bonchev–Trinajstić information content (AvgIpc) is 3.03. The van der Waals surface area contributed by atoms with Crippen LogP contribution in [0, 0.1) is 0 Å². The third kappa shape index (κ3) is 3.95. The van der Waals surface area contributed by atoms with Gasteiger partial charge in [0.2, 0.25) is 0 Å². The second-order valence-corrected chi connectivity index (χ2v) is 7.25. The summed E-state index contributed by atoms with van der Waals surface area (Å²) in [5.41, 5.74) is 2.00. The first-order valence-electron chi connectivity index (χ1n) is 6.68. The van der Waals surface area contributed by atoms with Gasteiger partial charge in [0, 0.05) is 17.2 Å². The molecular weight excluding hydrogens is 302 g/mol. The molecule has 2 aromatic rings. The molecule has 0 bridgehead atoms. The second-order valence-electron chi connectivity index (χ2n) is 4.52. The minimum atomic E-state index is -0.474. The molecule has 2 aromatic carbocycles. The van der Waals surface area contributed by atoms with Gasteiger partial charge in [0.15, 0.2) is 0 Å². The summed E-state index contributed by atoms with van der Waals surface area (Å²) in [4.78, 5) is 11.8. The van der Waals surface area contributed by atoms with E-state index in [1.54, 1.807) is 0 Å². The lowest BCUT2D eigenvalue weighted by atomic mass is 10.2. The standard InChI is InChI=1S/C16H15NO2S2/c18-16(17-13-4-2-1-3-5-13)19-14-8-6-12(7-9-14)15-20-10-11-21-15/h1-9,15H,10-11H2,(H,17,18). The van der Waals surface area contributed by atoms with Crippen LogP contribution >= 0.6 is 23.5 Å². The molecule has 0 radical (unpaired) electrons. The Balaban J connectivity index is 1.58. The predicted octanol–water partition coefficient (Wildman–Crippen LogP) is 4.78. The molecule has 0 saturated carbocycles. The smallest absolute Gasteiger partial charge is 0.410 e. The van der Waals surface area contributed by atoms with Crippen LogP contribution in [0.3, 0.4) is 0 Å². The van der Waals surface area contributed by atoms with Gasteiger partial charge in [-0.1, -0.05) is 30.3 Å². The van der Waals surface area contributed by atoms with Crippen molar-refractivity contribution in [2.75, 3.05) is 16.8 Å². The van der Waals surface area contributed by atoms with Crippen LogP contribution in [0.2, 0.25) is 0 Å². The Hall–Kier alpha value is -1.59. The molecule has 0 spiro atoms. The van der Waals surface area contributed by atoms with Crippen molar-refractivity contribution in [1.29, 1.82) is 0 Å². The Morgan fingerprint density at radius 2 is 1.67 bits per heavy atom. The van der Waals surface area contributed by atoms with Crippen LogP contribution in [0.15, 0.2) is 54.6 Å². The van der Waals surface area contributed by atoms with E-state index in [0.717, 1.165) is 5.69 Å². The van der Waals surface area contributed by atoms with E-state index in [9.17, 15) is 4.79 Å². The minimum Gasteiger partial charge on any atom is -0.410 e. The van der Waals surface area contributed by atoms with Gasteiger partial charge < -0.3 is 4.74 Å². The van der Waals surface area contributed by atoms with Gasteiger partial charge in [-0.15, -0.1) is 23.5 Å². The highest BCUT2D eigenvalue weighted by Gasteiger charge is 2.18. The summed E-state index contributed by atoms with van der Waals surface area (Å²) in [6, 6.07) is 17.0. The third-order valence-electron chi connectivity index (χ3n) is 3.00. The van der Waals surface area contributed by atoms with Crippen molar-refractivity contribution >= 4 is 35.3 Å². The topological polar surface area (TPSA) is 38.3 Å². The summed E-state index contributed by atoms with van der Waals surface area (Å²) in [7, 11) is 0. The first kappa shape index (κ1) is 14.4. The van der Waals surface area contributed by atoms with Crippen molar-refractivity contribution in [3.05, 3.63) is 60.2 Å². The van der Waals surface area contributed by atoms with Gasteiger partial charge in [-0.3, -0.25) is 5.32 Å². The molecule has 1 N–H and O–H groups in total. The van der Waals surface area contributed by atoms with Gasteiger partial charge in [-0.2, -0.15) is 0 Å². The molecule has 3 nitrogen and oxygen atoms in total. The molecular formula is C16H15NO2S2. The Morgan fingerprint density at radius 1 is 1.00 bits per heavy atom. The van der Waals surface area contributed by atoms with E-state index in [2.05, 4.69) is 5.32 Å². The SMILES string of the molecule is O=C(Nc1ccccc1)Oc1ccc(C2SCCS2)cc1. The first-order valence-corrected chi connectivity index (χ1v) is 8.78. The van der Waals surface area contributed by atoms with E-state index in [1.165, 1.54) is 17.1 Å². The van der Waals surface area contributed by atoms with Crippen molar-refractivity contribution in [1.82, 2.24) is 0 Å². The fraction of sp³-hybridized carbons (Fsp3) is 0.188. The van der Waals surface area contributed by atoms with Gasteiger partial charge >= 0.3 is 6.09 Å². The van der Waals surface area contributed by atoms with E-state index < -0.39 is 6.09 Å². The van der Waals surface area contributed by atoms with Crippen LogP contribution in [0.4, 0.5) is 10.5 Å². The van der Waals surface area contributed by atoms with Crippen LogP contribution in [0.1, 0.15) is 10.1 Å². The first-order chi connectivity index (χ1) is 10.3. The fourth-order valence-electron chi connectivity index (χ4n) is 2.02. The number of para-hydroxylation sites is 1. The second kappa shape index (κ2) is 6.91. The predicted molar refractivity (Wildman–Crippen MR) is 90.2 cm³/mol. The molecule has 1 fully saturated rings. The molecule has 3 rings (SSSR count). The molecule has 1 aliphatic rings. The number of carbonyl (C=O) groups excluding carboxylic acids is 1. The van der Waals surface area contributed by atoms with E-state index >= 15 is 0 Å². The number of hydrogen-bond donors (Lipinski definition) is 1. The molecule has 1 amide bonds. The zero-order chi connectivity index (χ0) is 14.5. The van der Waals surface area contributed by atoms with Crippen LogP contribution in [-0.2, 0) is 0 Å². The monoisotopic (exact) mass is 317 g/mol. The normalized spacial score (nSPS) is 14.9. The van der Waals surface area contributed by atoms with Crippen molar-refractivity contribution in [3.8, 4) is 5.75 Å². The van der Waals surface area contributed by atoms with E-state index in [0.29, 0.717) is 10.3 Å². The highest BCUT2D eigenvalue weighted by atomic mass is 32.2. The number of thioether (sulfide) groups is 2. The molecule has 1 saturated heterocycles. The van der Waals surface area contributed by atoms with Gasteiger partial charge in [-0.05, 0) is 29.8 Å². The van der Waals surface area contributed by atoms with Gasteiger partial charge in [0.25, 0.3) is 0 Å². The molecule has 21 heavy (non-hydrogen) atoms. The number of nitrogens with one attached hydrogen (secondary N) is 1. The molecule has 0 unspecified atom stereocenters. The maximum atomic E-state index is 11.8. The van der Waals surface area contributed by atoms with Gasteiger partial charge in [0.05, 0.1) is 4.58 Å². The number of amides is 1. The van der Waals surface area contributed by atoms with E-state index in [-0.39, 0.29) is 0 Å². The molecule has 0 aliphatic carbocycles. The summed E-state index contributed by atoms with van der Waals surface area (Å²) in [5, 5.41) is 2.69. The number of benzene rings is 2. The molecule has 0 aromatic heterocycles. The number of anilines is 1. The summed E-state index contributed by atoms with van der Waals surface area (Å²) in [6.45, 7) is 0. The molecule has 108 valence electrons. The van der Waals surface area contributed by atoms with Crippen molar-refractivity contribution in [2.45, 2.75) is 4.58 Å². The van der Waals surface area contributed by atoms with Crippen molar-refractivity contribution in [2.24, 2.45) is 0 Å². The lowest BCUT2D eigenvalue weighted by Gasteiger charge is -2.10. The quantitative estimate of drug-likeness (QED) is 0.884. The van der Waals surface area contributed by atoms with Crippen LogP contribution < -0.4 is 10.1 Å². The number of rotatable bonds is 3. The maximum absolute atomic E-state index is 11.8. The lowest BCUT2D eigenvalue weighted by Crippen LogP contribution is -2.16. The van der Waals surface area contributed by atoms with Crippen molar-refractivity contribution < 1.29 is 9.53 Å². The summed E-state index contributed by atoms with van der Waals surface area (Å²) in [5.74, 6) is 2.96. The van der Waals surface area contributed by atoms with Crippen molar-refractivity contribution in [3.63, 3.8) is 0 Å². The summed E-state index contributed by atoms with van der Waals surface area (Å²) in [6.07, 6.45) is -0.474. The highest BCUT2D eigenvalue weighted by Crippen LogP contribution is 2.45. The molecule has 1 heterocycles.